The third-order valence-electron chi connectivity index (χ3n) is 15.0. The number of fused-ring (bicyclic) bond motifs is 2. The number of carbonyl (C=O) groups is 2. The molecular weight excluding hydrogens is 591 g/mol. The first-order valence-corrected chi connectivity index (χ1v) is 19.9. The van der Waals surface area contributed by atoms with Crippen LogP contribution < -0.4 is 0 Å². The number of hydrogen-bond donors (Lipinski definition) is 1. The van der Waals surface area contributed by atoms with Gasteiger partial charge in [0.2, 0.25) is 1.43 Å². The molecule has 3 aliphatic carbocycles. The van der Waals surface area contributed by atoms with Crippen LogP contribution >= 0.6 is 11.8 Å². The van der Waals surface area contributed by atoms with Gasteiger partial charge in [-0.1, -0.05) is 88.3 Å². The third-order valence-corrected chi connectivity index (χ3v) is 16.5. The molecule has 6 unspecified atom stereocenters. The molecule has 13 atom stereocenters. The molecule has 2 heterocycles. The number of allylic oxidation sites excluding steroid dienone is 1. The van der Waals surface area contributed by atoms with Crippen molar-refractivity contribution in [3.05, 3.63) is 12.2 Å². The van der Waals surface area contributed by atoms with E-state index in [2.05, 4.69) is 93.2 Å². The molecule has 5 rings (SSSR count). The maximum Gasteiger partial charge on any atom is 0.316 e. The lowest BCUT2D eigenvalue weighted by Crippen LogP contribution is -2.69. The molecule has 5 nitrogen and oxygen atoms in total. The molecule has 0 amide bonds. The molecule has 2 saturated heterocycles. The monoisotopic (exact) mass is 658 g/mol. The van der Waals surface area contributed by atoms with Crippen LogP contribution in [0.5, 0.6) is 0 Å². The first-order valence-electron chi connectivity index (χ1n) is 19.3. The molecule has 262 valence electrons. The van der Waals surface area contributed by atoms with Crippen molar-refractivity contribution in [3.63, 3.8) is 0 Å². The zero-order valence-electron chi connectivity index (χ0n) is 32.2. The molecule has 2 aliphatic heterocycles. The molecule has 3 saturated carbocycles. The summed E-state index contributed by atoms with van der Waals surface area (Å²) in [4.78, 5) is 31.5. The summed E-state index contributed by atoms with van der Waals surface area (Å²) in [6, 6.07) is 1.12. The highest BCUT2D eigenvalue weighted by Gasteiger charge is 2.73. The number of ether oxygens (including phenoxy) is 1. The average Bonchev–Trinajstić information content (AvgIpc) is 3.45. The summed E-state index contributed by atoms with van der Waals surface area (Å²) in [6.45, 7) is 28.5. The fraction of sp³-hybridized carbons (Fsp3) is 0.900. The number of aliphatic hydroxyl groups excluding tert-OH is 1. The number of ketones is 1. The highest BCUT2D eigenvalue weighted by Crippen LogP contribution is 2.72. The van der Waals surface area contributed by atoms with E-state index in [9.17, 15) is 9.59 Å². The number of thioether (sulfide) groups is 1. The van der Waals surface area contributed by atoms with E-state index in [4.69, 9.17) is 11.3 Å². The summed E-state index contributed by atoms with van der Waals surface area (Å²) in [6.07, 6.45) is 9.14. The van der Waals surface area contributed by atoms with Crippen LogP contribution in [0.25, 0.3) is 0 Å². The molecule has 6 heteroatoms. The van der Waals surface area contributed by atoms with Gasteiger partial charge in [-0.3, -0.25) is 14.5 Å². The topological polar surface area (TPSA) is 66.8 Å². The Hall–Kier alpha value is -0.850. The molecule has 5 aliphatic rings. The molecule has 0 aromatic carbocycles. The standard InChI is InChI=1S/C40H67NO4S/c1-13-17-38(12)27(9)36(45-32(43)22-46-31-20-28-21-37(10,11)34(25(31)7)41(28)14-2)40(24(5)6)29(23(3)4)15-18-39(26(8)35(38)44)19-16-30(42)33(39)40/h13,17,23-29,31,33-36,44H,14-16,18-22H2,1-12H3/b17-13-/t25?,26-,27?,28+,29?,31-,33?,34-,35-,36+,38+,39?,40?/m0/s1/i44D. The van der Waals surface area contributed by atoms with Crippen LogP contribution in [0.2, 0.25) is 0 Å². The Bertz CT molecular complexity index is 1200. The predicted octanol–water partition coefficient (Wildman–Crippen LogP) is 8.43. The highest BCUT2D eigenvalue weighted by molar-refractivity contribution is 8.00. The minimum atomic E-state index is -0.553. The Morgan fingerprint density at radius 2 is 1.85 bits per heavy atom. The summed E-state index contributed by atoms with van der Waals surface area (Å²) in [5, 5.41) is 6.19. The minimum absolute atomic E-state index is 0.0219. The van der Waals surface area contributed by atoms with E-state index in [1.54, 1.807) is 0 Å². The van der Waals surface area contributed by atoms with E-state index in [0.717, 1.165) is 32.2 Å². The number of nitrogens with zero attached hydrogens (tertiary/aromatic N) is 1. The molecule has 5 fully saturated rings. The summed E-state index contributed by atoms with van der Waals surface area (Å²) < 4.78 is 15.5. The molecule has 46 heavy (non-hydrogen) atoms. The first-order chi connectivity index (χ1) is 22.0. The van der Waals surface area contributed by atoms with Crippen LogP contribution in [-0.4, -0.2) is 65.0 Å². The Labute approximate surface area is 287 Å². The first kappa shape index (κ1) is 35.0. The number of Topliss-reactive ketones (excluding diaryl/α,β-unsaturated/α-hetero) is 1. The highest BCUT2D eigenvalue weighted by atomic mass is 32.2. The van der Waals surface area contributed by atoms with Crippen molar-refractivity contribution in [2.45, 2.75) is 151 Å². The Balaban J connectivity index is 1.55. The molecule has 0 spiro atoms. The maximum absolute atomic E-state index is 14.4. The molecule has 4 bridgehead atoms. The van der Waals surface area contributed by atoms with Crippen LogP contribution in [0, 0.1) is 63.1 Å². The summed E-state index contributed by atoms with van der Waals surface area (Å²) in [5.74, 6) is 1.44. The minimum Gasteiger partial charge on any atom is -0.461 e. The molecule has 0 aromatic rings. The second kappa shape index (κ2) is 12.8. The lowest BCUT2D eigenvalue weighted by atomic mass is 9.38. The lowest BCUT2D eigenvalue weighted by molar-refractivity contribution is -0.246. The number of piperidine rings is 1. The van der Waals surface area contributed by atoms with Gasteiger partial charge in [-0.05, 0) is 86.0 Å². The third kappa shape index (κ3) is 5.22. The van der Waals surface area contributed by atoms with Crippen molar-refractivity contribution in [2.24, 2.45) is 63.1 Å². The fourth-order valence-electron chi connectivity index (χ4n) is 13.1. The number of esters is 1. The number of aliphatic hydroxyl groups is 1. The summed E-state index contributed by atoms with van der Waals surface area (Å²) in [5.41, 5.74) is -1.03. The van der Waals surface area contributed by atoms with Crippen molar-refractivity contribution < 1.29 is 19.4 Å². The van der Waals surface area contributed by atoms with Crippen molar-refractivity contribution in [2.75, 3.05) is 12.3 Å². The number of hydrogen-bond acceptors (Lipinski definition) is 6. The largest absolute Gasteiger partial charge is 0.461 e. The van der Waals surface area contributed by atoms with E-state index < -0.39 is 23.0 Å². The van der Waals surface area contributed by atoms with E-state index >= 15 is 0 Å². The Kier molecular flexibility index (Phi) is 9.73. The van der Waals surface area contributed by atoms with Crippen LogP contribution in [0.1, 0.15) is 122 Å². The van der Waals surface area contributed by atoms with Gasteiger partial charge >= 0.3 is 5.97 Å². The van der Waals surface area contributed by atoms with Crippen LogP contribution in [-0.2, 0) is 14.3 Å². The van der Waals surface area contributed by atoms with Crippen molar-refractivity contribution in [3.8, 4) is 0 Å². The van der Waals surface area contributed by atoms with Gasteiger partial charge in [0.25, 0.3) is 0 Å². The van der Waals surface area contributed by atoms with Crippen molar-refractivity contribution >= 4 is 23.5 Å². The molecular formula is C40H67NO4S. The van der Waals surface area contributed by atoms with Crippen molar-refractivity contribution in [1.29, 1.82) is 1.43 Å². The van der Waals surface area contributed by atoms with Gasteiger partial charge in [-0.2, -0.15) is 0 Å². The zero-order chi connectivity index (χ0) is 34.9. The second-order valence-electron chi connectivity index (χ2n) is 18.0. The van der Waals surface area contributed by atoms with E-state index in [1.165, 1.54) is 6.42 Å². The van der Waals surface area contributed by atoms with Gasteiger partial charge in [0.1, 0.15) is 11.9 Å². The number of rotatable bonds is 9. The maximum atomic E-state index is 14.4. The van der Waals surface area contributed by atoms with Crippen LogP contribution in [0.15, 0.2) is 12.2 Å². The van der Waals surface area contributed by atoms with E-state index in [0.29, 0.717) is 47.1 Å². The predicted molar refractivity (Wildman–Crippen MR) is 191 cm³/mol. The summed E-state index contributed by atoms with van der Waals surface area (Å²) >= 11 is 1.81. The fourth-order valence-corrected chi connectivity index (χ4v) is 14.4. The SMILES string of the molecule is [2H]O[C@H]1[C@H](C)C23CCC(=O)C2C(C(C)C)(C(C(C)C)CC3)[C@H](OC(=O)CS[C@H]2C[C@@H]3CC(C)(C)[C@H](C2C)N3CC)C(C)[C@@]1(C)/C=C\C. The normalized spacial score (nSPS) is 47.6. The van der Waals surface area contributed by atoms with E-state index in [-0.39, 0.29) is 46.4 Å². The van der Waals surface area contributed by atoms with Crippen molar-refractivity contribution in [1.82, 2.24) is 4.90 Å². The molecule has 0 radical (unpaired) electrons. The van der Waals surface area contributed by atoms with Gasteiger partial charge in [0.15, 0.2) is 0 Å². The Morgan fingerprint density at radius 3 is 2.43 bits per heavy atom. The molecule has 0 aromatic heterocycles. The quantitative estimate of drug-likeness (QED) is 0.198. The van der Waals surface area contributed by atoms with Gasteiger partial charge in [0, 0.05) is 46.4 Å². The summed E-state index contributed by atoms with van der Waals surface area (Å²) in [7, 11) is 0. The smallest absolute Gasteiger partial charge is 0.316 e. The zero-order valence-corrected chi connectivity index (χ0v) is 32.0. The van der Waals surface area contributed by atoms with Crippen LogP contribution in [0.3, 0.4) is 0 Å². The lowest BCUT2D eigenvalue weighted by Gasteiger charge is -2.67. The van der Waals surface area contributed by atoms with E-state index in [1.807, 2.05) is 18.7 Å². The second-order valence-corrected chi connectivity index (χ2v) is 19.2. The van der Waals surface area contributed by atoms with Gasteiger partial charge in [-0.15, -0.1) is 11.8 Å². The van der Waals surface area contributed by atoms with Gasteiger partial charge in [0.05, 0.1) is 11.9 Å². The molecule has 1 N–H and O–H groups in total. The Morgan fingerprint density at radius 1 is 1.15 bits per heavy atom. The number of carbonyl (C=O) groups excluding carboxylic acids is 2. The van der Waals surface area contributed by atoms with Gasteiger partial charge in [-0.25, -0.2) is 0 Å². The average molecular weight is 659 g/mol. The van der Waals surface area contributed by atoms with Gasteiger partial charge < -0.3 is 9.85 Å². The van der Waals surface area contributed by atoms with Crippen LogP contribution in [0.4, 0.5) is 0 Å².